The predicted molar refractivity (Wildman–Crippen MR) is 172 cm³/mol. The van der Waals surface area contributed by atoms with Crippen LogP contribution in [-0.2, 0) is 9.59 Å². The Morgan fingerprint density at radius 2 is 1.29 bits per heavy atom. The van der Waals surface area contributed by atoms with Crippen LogP contribution in [-0.4, -0.2) is 65.0 Å². The molecule has 0 aliphatic carbocycles. The Morgan fingerprint density at radius 1 is 0.808 bits per heavy atom. The number of aromatic hydroxyl groups is 2. The summed E-state index contributed by atoms with van der Waals surface area (Å²) in [5.74, 6) is -10.1. The Kier molecular flexibility index (Phi) is 18.7. The number of nitrogens with zero attached hydrogens (tertiary/aromatic N) is 2. The van der Waals surface area contributed by atoms with E-state index < -0.39 is 69.4 Å². The fraction of sp³-hybridized carbons (Fsp3) is 0.125. The number of pyridine rings is 2. The van der Waals surface area contributed by atoms with Crippen LogP contribution in [0.1, 0.15) is 39.0 Å². The van der Waals surface area contributed by atoms with Crippen LogP contribution in [0.2, 0.25) is 0 Å². The number of amides is 1. The molecular weight excluding hydrogens is 803 g/mol. The SMILES string of the molecule is CC(=O)CBr.Cc1nc2c(F)c(F)ccc2c(C(=O)O)c1O.Cc1nc2c(F)c(F)ccc2cc1O.O.O=C1Nc2c(ccc(F)c2F)C1=O.[K+].[OH-]. The average Bonchev–Trinajstić information content (AvgIpc) is 3.35. The summed E-state index contributed by atoms with van der Waals surface area (Å²) in [5, 5.41) is 30.5. The minimum atomic E-state index is -1.43. The third-order valence-corrected chi connectivity index (χ3v) is 7.22. The van der Waals surface area contributed by atoms with Gasteiger partial charge in [0.15, 0.2) is 40.7 Å². The summed E-state index contributed by atoms with van der Waals surface area (Å²) in [6, 6.07) is 7.50. The molecule has 7 N–H and O–H groups in total. The van der Waals surface area contributed by atoms with Crippen LogP contribution in [0.15, 0.2) is 42.5 Å². The first kappa shape index (κ1) is 48.0. The molecule has 1 aliphatic rings. The number of rotatable bonds is 2. The van der Waals surface area contributed by atoms with E-state index in [2.05, 4.69) is 25.9 Å². The Bertz CT molecular complexity index is 2180. The van der Waals surface area contributed by atoms with Gasteiger partial charge in [0.2, 0.25) is 0 Å². The number of nitrogens with one attached hydrogen (secondary N) is 1. The van der Waals surface area contributed by atoms with Gasteiger partial charge in [0.1, 0.15) is 28.1 Å². The number of hydrogen-bond acceptors (Lipinski definition) is 9. The molecule has 0 spiro atoms. The Balaban J connectivity index is 0.000000690. The van der Waals surface area contributed by atoms with Crippen LogP contribution in [0.25, 0.3) is 21.8 Å². The number of ketones is 2. The zero-order valence-corrected chi connectivity index (χ0v) is 31.9. The van der Waals surface area contributed by atoms with Crippen LogP contribution < -0.4 is 56.7 Å². The Labute approximate surface area is 340 Å². The molecule has 12 nitrogen and oxygen atoms in total. The van der Waals surface area contributed by atoms with Crippen LogP contribution >= 0.6 is 15.9 Å². The number of Topliss-reactive ketones (excluding diaryl/α,β-unsaturated/α-hetero) is 2. The molecule has 52 heavy (non-hydrogen) atoms. The van der Waals surface area contributed by atoms with E-state index in [1.165, 1.54) is 32.9 Å². The second kappa shape index (κ2) is 20.3. The second-order valence-corrected chi connectivity index (χ2v) is 10.5. The average molecular weight is 829 g/mol. The first-order valence-corrected chi connectivity index (χ1v) is 14.6. The molecule has 0 saturated carbocycles. The molecule has 5 aromatic rings. The second-order valence-electron chi connectivity index (χ2n) is 9.91. The number of carboxylic acids is 1. The molecule has 6 rings (SSSR count). The van der Waals surface area contributed by atoms with Crippen LogP contribution in [0.5, 0.6) is 11.5 Å². The van der Waals surface area contributed by atoms with Crippen molar-refractivity contribution in [2.24, 2.45) is 0 Å². The molecule has 0 unspecified atom stereocenters. The summed E-state index contributed by atoms with van der Waals surface area (Å²) in [6.45, 7) is 4.37. The van der Waals surface area contributed by atoms with E-state index in [-0.39, 0.29) is 107 Å². The summed E-state index contributed by atoms with van der Waals surface area (Å²) in [6.07, 6.45) is 0. The summed E-state index contributed by atoms with van der Waals surface area (Å²) >= 11 is 2.96. The van der Waals surface area contributed by atoms with Crippen molar-refractivity contribution in [1.82, 2.24) is 9.97 Å². The molecule has 0 bridgehead atoms. The zero-order valence-electron chi connectivity index (χ0n) is 27.2. The monoisotopic (exact) mass is 827 g/mol. The fourth-order valence-corrected chi connectivity index (χ4v) is 4.01. The maximum atomic E-state index is 13.4. The van der Waals surface area contributed by atoms with E-state index in [1.54, 1.807) is 0 Å². The number of carbonyl (C=O) groups is 4. The molecule has 20 heteroatoms. The van der Waals surface area contributed by atoms with Gasteiger partial charge in [-0.3, -0.25) is 14.4 Å². The van der Waals surface area contributed by atoms with Gasteiger partial charge >= 0.3 is 57.4 Å². The standard InChI is InChI=1S/C11H7F2NO3.C10H7F2NO.C8H3F2NO2.C3H5BrO.K.2H2O/c1-4-10(15)7(11(16)17)5-2-3-6(12)8(13)9(5)14-4;1-5-8(14)4-6-2-3-7(11)9(12)10(6)13-5;9-4-2-1-3-6(5(4)10)11-8(13)7(3)12;1-3(5)2-4;;;/h2-3,15H,1H3,(H,16,17);2-4,14H,1H3;1-2H,(H,11,12,13);2H2,1H3;;2*1H2/q;;;;+1;;/p-1. The smallest absolute Gasteiger partial charge is 0.870 e. The number of alkyl halides is 1. The number of benzene rings is 3. The topological polar surface area (TPSA) is 228 Å². The summed E-state index contributed by atoms with van der Waals surface area (Å²) < 4.78 is 77.9. The number of aryl methyl sites for hydroxylation is 2. The minimum Gasteiger partial charge on any atom is -0.870 e. The van der Waals surface area contributed by atoms with E-state index in [0.29, 0.717) is 10.7 Å². The number of fused-ring (bicyclic) bond motifs is 3. The largest absolute Gasteiger partial charge is 1.00 e. The van der Waals surface area contributed by atoms with Crippen molar-refractivity contribution in [3.05, 3.63) is 99.9 Å². The van der Waals surface area contributed by atoms with Crippen LogP contribution in [0.3, 0.4) is 0 Å². The first-order chi connectivity index (χ1) is 22.9. The van der Waals surface area contributed by atoms with Gasteiger partial charge in [0.25, 0.3) is 11.7 Å². The van der Waals surface area contributed by atoms with E-state index in [0.717, 1.165) is 30.3 Å². The number of anilines is 1. The molecule has 3 aromatic carbocycles. The van der Waals surface area contributed by atoms with Crippen LogP contribution in [0.4, 0.5) is 32.0 Å². The molecule has 0 saturated heterocycles. The van der Waals surface area contributed by atoms with Crippen molar-refractivity contribution in [1.29, 1.82) is 0 Å². The third kappa shape index (κ3) is 10.8. The molecule has 0 radical (unpaired) electrons. The molecule has 1 aliphatic heterocycles. The molecule has 1 amide bonds. The third-order valence-electron chi connectivity index (χ3n) is 6.43. The number of carbonyl (C=O) groups excluding carboxylic acids is 3. The van der Waals surface area contributed by atoms with Gasteiger partial charge in [-0.2, -0.15) is 0 Å². The van der Waals surface area contributed by atoms with E-state index in [9.17, 15) is 55.7 Å². The van der Waals surface area contributed by atoms with Gasteiger partial charge in [-0.1, -0.05) is 15.9 Å². The van der Waals surface area contributed by atoms with Crippen molar-refractivity contribution in [2.75, 3.05) is 10.6 Å². The number of aromatic carboxylic acids is 1. The van der Waals surface area contributed by atoms with Crippen molar-refractivity contribution >= 4 is 66.9 Å². The molecule has 2 aromatic heterocycles. The maximum absolute atomic E-state index is 13.4. The number of halogens is 7. The summed E-state index contributed by atoms with van der Waals surface area (Å²) in [4.78, 5) is 49.9. The molecule has 0 atom stereocenters. The van der Waals surface area contributed by atoms with Gasteiger partial charge in [0.05, 0.1) is 28.0 Å². The Hall–Kier alpha value is -4.02. The van der Waals surface area contributed by atoms with Crippen molar-refractivity contribution in [3.8, 4) is 11.5 Å². The predicted octanol–water partition coefficient (Wildman–Crippen LogP) is 2.82. The quantitative estimate of drug-likeness (QED) is 0.0881. The Morgan fingerprint density at radius 3 is 1.83 bits per heavy atom. The van der Waals surface area contributed by atoms with Gasteiger partial charge in [-0.25, -0.2) is 41.1 Å². The van der Waals surface area contributed by atoms with Crippen LogP contribution in [0, 0.1) is 48.8 Å². The number of carboxylic acid groups (broad SMARTS) is 1. The minimum absolute atomic E-state index is 0. The number of hydrogen-bond donors (Lipinski definition) is 4. The zero-order chi connectivity index (χ0) is 36.9. The van der Waals surface area contributed by atoms with E-state index >= 15 is 0 Å². The van der Waals surface area contributed by atoms with Gasteiger partial charge in [-0.05, 0) is 63.2 Å². The molecule has 3 heterocycles. The number of aromatic nitrogens is 2. The molecule has 272 valence electrons. The maximum Gasteiger partial charge on any atom is 1.00 e. The van der Waals surface area contributed by atoms with E-state index in [4.69, 9.17) is 5.11 Å². The first-order valence-electron chi connectivity index (χ1n) is 13.4. The van der Waals surface area contributed by atoms with E-state index in [1.807, 2.05) is 5.32 Å². The summed E-state index contributed by atoms with van der Waals surface area (Å²) in [7, 11) is 0. The van der Waals surface area contributed by atoms with Gasteiger partial charge in [0, 0.05) is 10.8 Å². The summed E-state index contributed by atoms with van der Waals surface area (Å²) in [5.41, 5.74) is -1.22. The van der Waals surface area contributed by atoms with Crippen molar-refractivity contribution in [3.63, 3.8) is 0 Å². The molecule has 0 fully saturated rings. The normalized spacial score (nSPS) is 10.7. The molecular formula is C32H25BrF6KN3O9. The van der Waals surface area contributed by atoms with Gasteiger partial charge in [-0.15, -0.1) is 0 Å². The van der Waals surface area contributed by atoms with Crippen molar-refractivity contribution < 1.29 is 123 Å². The van der Waals surface area contributed by atoms with Gasteiger partial charge < -0.3 is 31.6 Å². The fourth-order valence-electron chi connectivity index (χ4n) is 4.01. The van der Waals surface area contributed by atoms with Crippen molar-refractivity contribution in [2.45, 2.75) is 20.8 Å².